The highest BCUT2D eigenvalue weighted by Crippen LogP contribution is 2.23. The molecule has 1 fully saturated rings. The largest absolute Gasteiger partial charge is 0.494 e. The number of benzene rings is 1. The van der Waals surface area contributed by atoms with Crippen LogP contribution in [-0.2, 0) is 11.2 Å². The van der Waals surface area contributed by atoms with Gasteiger partial charge in [0.2, 0.25) is 5.91 Å². The monoisotopic (exact) mass is 371 g/mol. The van der Waals surface area contributed by atoms with Crippen LogP contribution in [0.2, 0.25) is 0 Å². The lowest BCUT2D eigenvalue weighted by Gasteiger charge is -2.32. The second-order valence-electron chi connectivity index (χ2n) is 6.80. The Morgan fingerprint density at radius 3 is 2.74 bits per heavy atom. The predicted molar refractivity (Wildman–Crippen MR) is 100.0 cm³/mol. The van der Waals surface area contributed by atoms with Gasteiger partial charge in [-0.3, -0.25) is 9.48 Å². The van der Waals surface area contributed by atoms with Crippen molar-refractivity contribution in [3.63, 3.8) is 0 Å². The summed E-state index contributed by atoms with van der Waals surface area (Å²) in [5.74, 6) is -0.0689. The Morgan fingerprint density at radius 2 is 2.07 bits per heavy atom. The lowest BCUT2D eigenvalue weighted by molar-refractivity contribution is -0.131. The number of piperidine rings is 1. The number of hydrogen-bond acceptors (Lipinski definition) is 4. The number of amides is 1. The molecule has 0 unspecified atom stereocenters. The van der Waals surface area contributed by atoms with Gasteiger partial charge in [0, 0.05) is 19.3 Å². The molecule has 1 saturated heterocycles. The van der Waals surface area contributed by atoms with Gasteiger partial charge in [0.05, 0.1) is 30.8 Å². The Labute approximate surface area is 158 Å². The molecule has 1 N–H and O–H groups in total. The van der Waals surface area contributed by atoms with Crippen molar-refractivity contribution in [1.29, 1.82) is 0 Å². The number of ether oxygens (including phenoxy) is 1. The van der Waals surface area contributed by atoms with Gasteiger partial charge in [-0.25, -0.2) is 4.79 Å². The number of carbonyl (C=O) groups is 2. The van der Waals surface area contributed by atoms with Gasteiger partial charge in [0.15, 0.2) is 0 Å². The second kappa shape index (κ2) is 8.70. The van der Waals surface area contributed by atoms with Gasteiger partial charge in [-0.05, 0) is 37.0 Å². The minimum absolute atomic E-state index is 0.104. The zero-order valence-electron chi connectivity index (χ0n) is 15.5. The summed E-state index contributed by atoms with van der Waals surface area (Å²) in [4.78, 5) is 25.5. The van der Waals surface area contributed by atoms with Crippen LogP contribution in [0.1, 0.15) is 48.1 Å². The van der Waals surface area contributed by atoms with E-state index in [0.717, 1.165) is 30.6 Å². The van der Waals surface area contributed by atoms with Crippen LogP contribution in [-0.4, -0.2) is 51.4 Å². The third-order valence-corrected chi connectivity index (χ3v) is 4.77. The van der Waals surface area contributed by atoms with Crippen LogP contribution in [0, 0.1) is 0 Å². The van der Waals surface area contributed by atoms with E-state index in [9.17, 15) is 9.59 Å². The molecule has 2 aromatic rings. The number of aromatic carboxylic acids is 1. The number of carboxylic acids is 1. The van der Waals surface area contributed by atoms with Crippen molar-refractivity contribution in [3.8, 4) is 5.75 Å². The average molecular weight is 371 g/mol. The summed E-state index contributed by atoms with van der Waals surface area (Å²) < 4.78 is 7.34. The van der Waals surface area contributed by atoms with E-state index < -0.39 is 5.97 Å². The molecule has 7 heteroatoms. The Morgan fingerprint density at radius 1 is 1.30 bits per heavy atom. The molecule has 1 aromatic heterocycles. The van der Waals surface area contributed by atoms with Crippen LogP contribution in [0.3, 0.4) is 0 Å². The Hall–Kier alpha value is -2.83. The lowest BCUT2D eigenvalue weighted by Crippen LogP contribution is -2.40. The van der Waals surface area contributed by atoms with Crippen molar-refractivity contribution in [2.75, 3.05) is 19.7 Å². The van der Waals surface area contributed by atoms with E-state index in [-0.39, 0.29) is 17.5 Å². The van der Waals surface area contributed by atoms with E-state index in [0.29, 0.717) is 26.1 Å². The first-order chi connectivity index (χ1) is 13.1. The molecule has 0 bridgehead atoms. The molecule has 0 atom stereocenters. The molecule has 1 amide bonds. The van der Waals surface area contributed by atoms with Gasteiger partial charge in [-0.1, -0.05) is 19.1 Å². The topological polar surface area (TPSA) is 84.7 Å². The van der Waals surface area contributed by atoms with Gasteiger partial charge >= 0.3 is 5.97 Å². The van der Waals surface area contributed by atoms with Crippen molar-refractivity contribution in [2.45, 2.75) is 38.6 Å². The lowest BCUT2D eigenvalue weighted by atomic mass is 10.0. The molecule has 144 valence electrons. The van der Waals surface area contributed by atoms with Crippen LogP contribution >= 0.6 is 0 Å². The van der Waals surface area contributed by atoms with Crippen molar-refractivity contribution in [2.24, 2.45) is 0 Å². The van der Waals surface area contributed by atoms with Crippen LogP contribution in [0.5, 0.6) is 5.75 Å². The van der Waals surface area contributed by atoms with Gasteiger partial charge in [-0.2, -0.15) is 5.10 Å². The molecule has 27 heavy (non-hydrogen) atoms. The highest BCUT2D eigenvalue weighted by atomic mass is 16.5. The predicted octanol–water partition coefficient (Wildman–Crippen LogP) is 2.78. The SMILES string of the molecule is CCCOc1cccc(CC(=O)N2CCC(n3cc(C(=O)O)cn3)CC2)c1. The van der Waals surface area contributed by atoms with Crippen LogP contribution in [0.15, 0.2) is 36.7 Å². The first kappa shape index (κ1) is 18.9. The Balaban J connectivity index is 1.53. The zero-order valence-corrected chi connectivity index (χ0v) is 15.5. The third kappa shape index (κ3) is 4.87. The van der Waals surface area contributed by atoms with E-state index in [4.69, 9.17) is 9.84 Å². The van der Waals surface area contributed by atoms with Crippen molar-refractivity contribution in [3.05, 3.63) is 47.8 Å². The highest BCUT2D eigenvalue weighted by Gasteiger charge is 2.25. The molecular weight excluding hydrogens is 346 g/mol. The highest BCUT2D eigenvalue weighted by molar-refractivity contribution is 5.86. The molecule has 7 nitrogen and oxygen atoms in total. The van der Waals surface area contributed by atoms with Gasteiger partial charge in [0.1, 0.15) is 5.75 Å². The maximum absolute atomic E-state index is 12.6. The molecular formula is C20H25N3O4. The molecule has 0 aliphatic carbocycles. The number of likely N-dealkylation sites (tertiary alicyclic amines) is 1. The van der Waals surface area contributed by atoms with Crippen LogP contribution < -0.4 is 4.74 Å². The third-order valence-electron chi connectivity index (χ3n) is 4.77. The molecule has 1 aromatic carbocycles. The summed E-state index contributed by atoms with van der Waals surface area (Å²) >= 11 is 0. The molecule has 0 radical (unpaired) electrons. The van der Waals surface area contributed by atoms with E-state index >= 15 is 0 Å². The summed E-state index contributed by atoms with van der Waals surface area (Å²) in [5, 5.41) is 13.2. The number of rotatable bonds is 7. The van der Waals surface area contributed by atoms with Crippen molar-refractivity contribution < 1.29 is 19.4 Å². The summed E-state index contributed by atoms with van der Waals surface area (Å²) in [6.07, 6.45) is 5.78. The average Bonchev–Trinajstić information content (AvgIpc) is 3.17. The first-order valence-electron chi connectivity index (χ1n) is 9.33. The fourth-order valence-corrected chi connectivity index (χ4v) is 3.28. The molecule has 1 aliphatic rings. The number of nitrogens with zero attached hydrogens (tertiary/aromatic N) is 3. The van der Waals surface area contributed by atoms with E-state index in [1.807, 2.05) is 29.2 Å². The molecule has 2 heterocycles. The smallest absolute Gasteiger partial charge is 0.338 e. The van der Waals surface area contributed by atoms with Crippen LogP contribution in [0.25, 0.3) is 0 Å². The minimum Gasteiger partial charge on any atom is -0.494 e. The number of carboxylic acid groups (broad SMARTS) is 1. The van der Waals surface area contributed by atoms with Gasteiger partial charge < -0.3 is 14.7 Å². The summed E-state index contributed by atoms with van der Waals surface area (Å²) in [6.45, 7) is 4.03. The maximum Gasteiger partial charge on any atom is 0.338 e. The van der Waals surface area contributed by atoms with E-state index in [2.05, 4.69) is 12.0 Å². The number of carbonyl (C=O) groups excluding carboxylic acids is 1. The fraction of sp³-hybridized carbons (Fsp3) is 0.450. The summed E-state index contributed by atoms with van der Waals surface area (Å²) in [7, 11) is 0. The standard InChI is InChI=1S/C20H25N3O4/c1-2-10-27-18-5-3-4-15(11-18)12-19(24)22-8-6-17(7-9-22)23-14-16(13-21-23)20(25)26/h3-5,11,13-14,17H,2,6-10,12H2,1H3,(H,25,26). The summed E-state index contributed by atoms with van der Waals surface area (Å²) in [6, 6.07) is 7.83. The molecule has 3 rings (SSSR count). The fourth-order valence-electron chi connectivity index (χ4n) is 3.28. The zero-order chi connectivity index (χ0) is 19.2. The van der Waals surface area contributed by atoms with Crippen molar-refractivity contribution >= 4 is 11.9 Å². The molecule has 0 spiro atoms. The second-order valence-corrected chi connectivity index (χ2v) is 6.80. The van der Waals surface area contributed by atoms with Gasteiger partial charge in [0.25, 0.3) is 0 Å². The van der Waals surface area contributed by atoms with Crippen LogP contribution in [0.4, 0.5) is 0 Å². The summed E-state index contributed by atoms with van der Waals surface area (Å²) in [5.41, 5.74) is 1.15. The Bertz CT molecular complexity index is 794. The quantitative estimate of drug-likeness (QED) is 0.809. The van der Waals surface area contributed by atoms with Gasteiger partial charge in [-0.15, -0.1) is 0 Å². The first-order valence-corrected chi connectivity index (χ1v) is 9.33. The Kier molecular flexibility index (Phi) is 6.11. The number of aromatic nitrogens is 2. The normalized spacial score (nSPS) is 14.9. The van der Waals surface area contributed by atoms with E-state index in [1.165, 1.54) is 6.20 Å². The molecule has 0 saturated carbocycles. The number of hydrogen-bond donors (Lipinski definition) is 1. The maximum atomic E-state index is 12.6. The van der Waals surface area contributed by atoms with E-state index in [1.54, 1.807) is 10.9 Å². The molecule has 1 aliphatic heterocycles. The minimum atomic E-state index is -0.973. The van der Waals surface area contributed by atoms with Crippen molar-refractivity contribution in [1.82, 2.24) is 14.7 Å².